The lowest BCUT2D eigenvalue weighted by molar-refractivity contribution is 1.13. The number of aromatic nitrogens is 2. The number of fused-ring (bicyclic) bond motifs is 3. The smallest absolute Gasteiger partial charge is 0.0541 e. The molecule has 2 heterocycles. The molecule has 0 aliphatic carbocycles. The van der Waals surface area contributed by atoms with Gasteiger partial charge in [0.15, 0.2) is 0 Å². The summed E-state index contributed by atoms with van der Waals surface area (Å²) in [5, 5.41) is 4.92. The van der Waals surface area contributed by atoms with E-state index in [4.69, 9.17) is 0 Å². The molecule has 0 atom stereocenters. The summed E-state index contributed by atoms with van der Waals surface area (Å²) in [5.41, 5.74) is 11.9. The number of hydrogen-bond donors (Lipinski definition) is 0. The van der Waals surface area contributed by atoms with E-state index in [0.29, 0.717) is 0 Å². The van der Waals surface area contributed by atoms with Crippen molar-refractivity contribution in [1.82, 2.24) is 9.13 Å². The number of nitrogens with zero attached hydrogens (tertiary/aromatic N) is 2. The molecule has 9 aromatic rings. The Bertz CT molecular complexity index is 2500. The number of benzene rings is 7. The largest absolute Gasteiger partial charge is 0.309 e. The van der Waals surface area contributed by atoms with Crippen LogP contribution in [-0.4, -0.2) is 9.13 Å². The third-order valence-electron chi connectivity index (χ3n) is 9.08. The fourth-order valence-electron chi connectivity index (χ4n) is 6.87. The first-order chi connectivity index (χ1) is 22.8. The van der Waals surface area contributed by atoms with Crippen LogP contribution in [0.1, 0.15) is 0 Å². The van der Waals surface area contributed by atoms with Gasteiger partial charge in [-0.25, -0.2) is 0 Å². The van der Waals surface area contributed by atoms with Crippen LogP contribution in [0.5, 0.6) is 0 Å². The maximum Gasteiger partial charge on any atom is 0.0541 e. The van der Waals surface area contributed by atoms with E-state index in [-0.39, 0.29) is 0 Å². The Labute approximate surface area is 268 Å². The minimum absolute atomic E-state index is 1.16. The molecule has 0 fully saturated rings. The van der Waals surface area contributed by atoms with E-state index in [2.05, 4.69) is 191 Å². The zero-order valence-corrected chi connectivity index (χ0v) is 25.2. The van der Waals surface area contributed by atoms with Gasteiger partial charge in [0, 0.05) is 22.1 Å². The summed E-state index contributed by atoms with van der Waals surface area (Å²) in [7, 11) is 0. The van der Waals surface area contributed by atoms with Gasteiger partial charge in [-0.1, -0.05) is 127 Å². The van der Waals surface area contributed by atoms with E-state index in [1.54, 1.807) is 0 Å². The zero-order valence-electron chi connectivity index (χ0n) is 25.2. The van der Waals surface area contributed by atoms with E-state index in [9.17, 15) is 0 Å². The molecule has 0 aliphatic heterocycles. The van der Waals surface area contributed by atoms with Crippen LogP contribution in [0.2, 0.25) is 0 Å². The minimum Gasteiger partial charge on any atom is -0.309 e. The Morgan fingerprint density at radius 2 is 0.804 bits per heavy atom. The fraction of sp³-hybridized carbons (Fsp3) is 0. The van der Waals surface area contributed by atoms with Gasteiger partial charge in [-0.15, -0.1) is 0 Å². The van der Waals surface area contributed by atoms with E-state index in [1.807, 2.05) is 0 Å². The molecular formula is C44H30N2. The second-order valence-electron chi connectivity index (χ2n) is 11.9. The molecule has 46 heavy (non-hydrogen) atoms. The molecule has 0 N–H and O–H groups in total. The molecule has 216 valence electrons. The second kappa shape index (κ2) is 10.8. The Kier molecular flexibility index (Phi) is 6.17. The Morgan fingerprint density at radius 1 is 0.261 bits per heavy atom. The van der Waals surface area contributed by atoms with Crippen LogP contribution in [0.15, 0.2) is 182 Å². The third-order valence-corrected chi connectivity index (χ3v) is 9.08. The predicted molar refractivity (Wildman–Crippen MR) is 194 cm³/mol. The summed E-state index contributed by atoms with van der Waals surface area (Å²) in [6.45, 7) is 0. The lowest BCUT2D eigenvalue weighted by atomic mass is 10.0. The third kappa shape index (κ3) is 4.43. The molecule has 2 nitrogen and oxygen atoms in total. The highest BCUT2D eigenvalue weighted by Crippen LogP contribution is 2.37. The molecular weight excluding hydrogens is 556 g/mol. The SMILES string of the molecule is c1ccc(-c2cc3cc(-c4ccc5cc(-c6ccccc6)n(-c6ccc7ccccc7c6)c5c4)ccc3n2-c2ccccc2)cc1. The number of para-hydroxylation sites is 1. The van der Waals surface area contributed by atoms with Crippen LogP contribution in [0.4, 0.5) is 0 Å². The molecule has 7 aromatic carbocycles. The first-order valence-corrected chi connectivity index (χ1v) is 15.8. The van der Waals surface area contributed by atoms with Crippen molar-refractivity contribution >= 4 is 32.6 Å². The maximum atomic E-state index is 2.42. The Hall–Kier alpha value is -6.12. The van der Waals surface area contributed by atoms with Gasteiger partial charge >= 0.3 is 0 Å². The summed E-state index contributed by atoms with van der Waals surface area (Å²) >= 11 is 0. The summed E-state index contributed by atoms with van der Waals surface area (Å²) in [4.78, 5) is 0. The van der Waals surface area contributed by atoms with Gasteiger partial charge in [0.05, 0.1) is 22.4 Å². The molecule has 0 spiro atoms. The molecule has 0 amide bonds. The summed E-state index contributed by atoms with van der Waals surface area (Å²) in [6, 6.07) is 65.7. The lowest BCUT2D eigenvalue weighted by Gasteiger charge is -2.13. The van der Waals surface area contributed by atoms with Crippen LogP contribution in [0.3, 0.4) is 0 Å². The number of hydrogen-bond acceptors (Lipinski definition) is 0. The molecule has 0 saturated heterocycles. The van der Waals surface area contributed by atoms with Crippen molar-refractivity contribution in [1.29, 1.82) is 0 Å². The van der Waals surface area contributed by atoms with Crippen molar-refractivity contribution in [2.24, 2.45) is 0 Å². The first-order valence-electron chi connectivity index (χ1n) is 15.8. The number of rotatable bonds is 5. The molecule has 0 saturated carbocycles. The highest BCUT2D eigenvalue weighted by molar-refractivity contribution is 5.96. The molecule has 0 unspecified atom stereocenters. The van der Waals surface area contributed by atoms with Gasteiger partial charge in [0.25, 0.3) is 0 Å². The Balaban J connectivity index is 1.24. The summed E-state index contributed by atoms with van der Waals surface area (Å²) in [5.74, 6) is 0. The van der Waals surface area contributed by atoms with Crippen molar-refractivity contribution < 1.29 is 0 Å². The van der Waals surface area contributed by atoms with E-state index in [1.165, 1.54) is 66.2 Å². The van der Waals surface area contributed by atoms with Crippen molar-refractivity contribution in [3.63, 3.8) is 0 Å². The van der Waals surface area contributed by atoms with Gasteiger partial charge < -0.3 is 9.13 Å². The van der Waals surface area contributed by atoms with Gasteiger partial charge in [0.1, 0.15) is 0 Å². The minimum atomic E-state index is 1.16. The molecule has 2 heteroatoms. The summed E-state index contributed by atoms with van der Waals surface area (Å²) in [6.07, 6.45) is 0. The van der Waals surface area contributed by atoms with Gasteiger partial charge in [-0.2, -0.15) is 0 Å². The quantitative estimate of drug-likeness (QED) is 0.190. The van der Waals surface area contributed by atoms with Crippen LogP contribution in [0.25, 0.3) is 77.6 Å². The van der Waals surface area contributed by atoms with Crippen LogP contribution in [-0.2, 0) is 0 Å². The van der Waals surface area contributed by atoms with Crippen LogP contribution in [0, 0.1) is 0 Å². The molecule has 0 bridgehead atoms. The predicted octanol–water partition coefficient (Wildman–Crippen LogP) is 11.7. The fourth-order valence-corrected chi connectivity index (χ4v) is 6.87. The van der Waals surface area contributed by atoms with Crippen LogP contribution < -0.4 is 0 Å². The van der Waals surface area contributed by atoms with Crippen molar-refractivity contribution in [2.45, 2.75) is 0 Å². The lowest BCUT2D eigenvalue weighted by Crippen LogP contribution is -1.97. The van der Waals surface area contributed by atoms with Crippen molar-refractivity contribution in [2.75, 3.05) is 0 Å². The molecule has 2 aromatic heterocycles. The summed E-state index contributed by atoms with van der Waals surface area (Å²) < 4.78 is 4.78. The monoisotopic (exact) mass is 586 g/mol. The average molecular weight is 587 g/mol. The van der Waals surface area contributed by atoms with Crippen LogP contribution >= 0.6 is 0 Å². The van der Waals surface area contributed by atoms with Gasteiger partial charge in [0.2, 0.25) is 0 Å². The van der Waals surface area contributed by atoms with Gasteiger partial charge in [-0.3, -0.25) is 0 Å². The average Bonchev–Trinajstić information content (AvgIpc) is 3.71. The van der Waals surface area contributed by atoms with Crippen molar-refractivity contribution in [3.05, 3.63) is 182 Å². The molecule has 0 radical (unpaired) electrons. The molecule has 0 aliphatic rings. The van der Waals surface area contributed by atoms with E-state index < -0.39 is 0 Å². The first kappa shape index (κ1) is 26.3. The van der Waals surface area contributed by atoms with E-state index in [0.717, 1.165) is 11.4 Å². The normalized spacial score (nSPS) is 11.5. The zero-order chi connectivity index (χ0) is 30.5. The van der Waals surface area contributed by atoms with Gasteiger partial charge in [-0.05, 0) is 87.6 Å². The highest BCUT2D eigenvalue weighted by atomic mass is 15.0. The van der Waals surface area contributed by atoms with Crippen molar-refractivity contribution in [3.8, 4) is 45.0 Å². The second-order valence-corrected chi connectivity index (χ2v) is 11.9. The molecule has 9 rings (SSSR count). The highest BCUT2D eigenvalue weighted by Gasteiger charge is 2.16. The topological polar surface area (TPSA) is 9.86 Å². The van der Waals surface area contributed by atoms with E-state index >= 15 is 0 Å². The Morgan fingerprint density at radius 3 is 1.52 bits per heavy atom. The standard InChI is InChI=1S/C44H30N2/c1-4-13-32(14-5-1)42-29-37-21-20-36(28-44(37)46(42)40-24-22-31-12-10-11-17-34(31)27-40)35-23-25-41-38(26-35)30-43(33-15-6-2-7-16-33)45(41)39-18-8-3-9-19-39/h1-30H. The maximum absolute atomic E-state index is 2.42.